The number of likely N-dealkylation sites (tertiary alicyclic amines) is 1. The summed E-state index contributed by atoms with van der Waals surface area (Å²) in [5, 5.41) is 3.00. The molecule has 2 rings (SSSR count). The number of nitrogens with zero attached hydrogens (tertiary/aromatic N) is 2. The molecule has 1 aromatic heterocycles. The van der Waals surface area contributed by atoms with Gasteiger partial charge in [0.05, 0.1) is 5.56 Å². The second kappa shape index (κ2) is 6.29. The van der Waals surface area contributed by atoms with Crippen LogP contribution in [0.15, 0.2) is 22.9 Å². The van der Waals surface area contributed by atoms with E-state index < -0.39 is 0 Å². The van der Waals surface area contributed by atoms with Crippen molar-refractivity contribution in [2.24, 2.45) is 5.92 Å². The van der Waals surface area contributed by atoms with Gasteiger partial charge in [0, 0.05) is 12.7 Å². The van der Waals surface area contributed by atoms with Crippen LogP contribution < -0.4 is 5.32 Å². The van der Waals surface area contributed by atoms with Crippen molar-refractivity contribution in [2.75, 3.05) is 26.7 Å². The van der Waals surface area contributed by atoms with Crippen molar-refractivity contribution >= 4 is 21.8 Å². The van der Waals surface area contributed by atoms with Crippen LogP contribution in [-0.4, -0.2) is 42.5 Å². The zero-order valence-corrected chi connectivity index (χ0v) is 12.1. The Morgan fingerprint density at radius 3 is 2.94 bits per heavy atom. The van der Waals surface area contributed by atoms with Gasteiger partial charge in [0.2, 0.25) is 0 Å². The average Bonchev–Trinajstić information content (AvgIpc) is 2.38. The summed E-state index contributed by atoms with van der Waals surface area (Å²) in [6, 6.07) is 3.55. The maximum Gasteiger partial charge on any atom is 0.254 e. The minimum atomic E-state index is -0.0473. The van der Waals surface area contributed by atoms with Crippen molar-refractivity contribution in [3.05, 3.63) is 28.5 Å². The molecule has 1 amide bonds. The molecule has 18 heavy (non-hydrogen) atoms. The molecule has 2 heterocycles. The maximum atomic E-state index is 12.0. The van der Waals surface area contributed by atoms with Gasteiger partial charge in [0.1, 0.15) is 4.60 Å². The normalized spacial score (nSPS) is 17.7. The van der Waals surface area contributed by atoms with Crippen LogP contribution in [0.3, 0.4) is 0 Å². The van der Waals surface area contributed by atoms with E-state index in [1.807, 2.05) is 0 Å². The number of pyridine rings is 1. The Hall–Kier alpha value is -0.940. The SMILES string of the molecule is CN1CCC(CNC(=O)c2cccnc2Br)CC1. The van der Waals surface area contributed by atoms with Crippen molar-refractivity contribution in [3.8, 4) is 0 Å². The first kappa shape index (κ1) is 13.5. The van der Waals surface area contributed by atoms with Crippen LogP contribution in [-0.2, 0) is 0 Å². The van der Waals surface area contributed by atoms with Crippen LogP contribution in [0.1, 0.15) is 23.2 Å². The number of carbonyl (C=O) groups is 1. The molecule has 5 heteroatoms. The number of carbonyl (C=O) groups excluding carboxylic acids is 1. The van der Waals surface area contributed by atoms with E-state index in [1.165, 1.54) is 0 Å². The van der Waals surface area contributed by atoms with E-state index in [0.717, 1.165) is 32.5 Å². The Morgan fingerprint density at radius 2 is 2.28 bits per heavy atom. The molecule has 1 aliphatic rings. The summed E-state index contributed by atoms with van der Waals surface area (Å²) in [6.07, 6.45) is 3.98. The molecule has 0 saturated carbocycles. The van der Waals surface area contributed by atoms with E-state index in [1.54, 1.807) is 18.3 Å². The third kappa shape index (κ3) is 3.53. The smallest absolute Gasteiger partial charge is 0.254 e. The third-order valence-electron chi connectivity index (χ3n) is 3.39. The van der Waals surface area contributed by atoms with Gasteiger partial charge >= 0.3 is 0 Å². The number of piperidine rings is 1. The predicted molar refractivity (Wildman–Crippen MR) is 74.5 cm³/mol. The van der Waals surface area contributed by atoms with E-state index in [-0.39, 0.29) is 5.91 Å². The molecule has 1 saturated heterocycles. The monoisotopic (exact) mass is 311 g/mol. The van der Waals surface area contributed by atoms with Gasteiger partial charge < -0.3 is 10.2 Å². The summed E-state index contributed by atoms with van der Waals surface area (Å²) in [7, 11) is 2.14. The fourth-order valence-electron chi connectivity index (χ4n) is 2.15. The molecule has 0 bridgehead atoms. The zero-order valence-electron chi connectivity index (χ0n) is 10.5. The maximum absolute atomic E-state index is 12.0. The highest BCUT2D eigenvalue weighted by Crippen LogP contribution is 2.16. The molecule has 1 aliphatic heterocycles. The number of rotatable bonds is 3. The van der Waals surface area contributed by atoms with E-state index in [9.17, 15) is 4.79 Å². The summed E-state index contributed by atoms with van der Waals surface area (Å²) in [6.45, 7) is 3.00. The van der Waals surface area contributed by atoms with Crippen LogP contribution in [0, 0.1) is 5.92 Å². The first-order chi connectivity index (χ1) is 8.66. The Bertz CT molecular complexity index is 416. The van der Waals surface area contributed by atoms with Gasteiger partial charge in [-0.05, 0) is 67.0 Å². The summed E-state index contributed by atoms with van der Waals surface area (Å²) in [5.74, 6) is 0.550. The minimum absolute atomic E-state index is 0.0473. The largest absolute Gasteiger partial charge is 0.352 e. The molecule has 0 atom stereocenters. The Balaban J connectivity index is 1.84. The molecular weight excluding hydrogens is 294 g/mol. The Labute approximate surface area is 116 Å². The first-order valence-corrected chi connectivity index (χ1v) is 7.03. The second-order valence-corrected chi connectivity index (χ2v) is 5.55. The van der Waals surface area contributed by atoms with Crippen molar-refractivity contribution in [1.29, 1.82) is 0 Å². The van der Waals surface area contributed by atoms with Gasteiger partial charge in [-0.25, -0.2) is 4.98 Å². The first-order valence-electron chi connectivity index (χ1n) is 6.24. The van der Waals surface area contributed by atoms with Crippen molar-refractivity contribution < 1.29 is 4.79 Å². The zero-order chi connectivity index (χ0) is 13.0. The molecule has 0 unspecified atom stereocenters. The summed E-state index contributed by atoms with van der Waals surface area (Å²) < 4.78 is 0.603. The van der Waals surface area contributed by atoms with Crippen LogP contribution in [0.2, 0.25) is 0 Å². The fraction of sp³-hybridized carbons (Fsp3) is 0.538. The number of halogens is 1. The van der Waals surface area contributed by atoms with Crippen LogP contribution >= 0.6 is 15.9 Å². The predicted octanol–water partition coefficient (Wildman–Crippen LogP) is 1.92. The van der Waals surface area contributed by atoms with Gasteiger partial charge in [-0.2, -0.15) is 0 Å². The average molecular weight is 312 g/mol. The summed E-state index contributed by atoms with van der Waals surface area (Å²) in [5.41, 5.74) is 0.602. The van der Waals surface area contributed by atoms with Gasteiger partial charge in [-0.15, -0.1) is 0 Å². The van der Waals surface area contributed by atoms with Crippen LogP contribution in [0.25, 0.3) is 0 Å². The molecule has 4 nitrogen and oxygen atoms in total. The molecule has 0 spiro atoms. The van der Waals surface area contributed by atoms with Gasteiger partial charge in [0.15, 0.2) is 0 Å². The number of amides is 1. The molecule has 98 valence electrons. The lowest BCUT2D eigenvalue weighted by molar-refractivity contribution is 0.0938. The lowest BCUT2D eigenvalue weighted by Gasteiger charge is -2.28. The van der Waals surface area contributed by atoms with Crippen LogP contribution in [0.4, 0.5) is 0 Å². The molecule has 0 radical (unpaired) electrons. The fourth-order valence-corrected chi connectivity index (χ4v) is 2.58. The van der Waals surface area contributed by atoms with E-state index in [2.05, 4.69) is 38.2 Å². The second-order valence-electron chi connectivity index (χ2n) is 4.80. The molecular formula is C13H18BrN3O. The van der Waals surface area contributed by atoms with E-state index >= 15 is 0 Å². The number of aromatic nitrogens is 1. The standard InChI is InChI=1S/C13H18BrN3O/c1-17-7-4-10(5-8-17)9-16-13(18)11-3-2-6-15-12(11)14/h2-3,6,10H,4-5,7-9H2,1H3,(H,16,18). The van der Waals surface area contributed by atoms with Crippen molar-refractivity contribution in [1.82, 2.24) is 15.2 Å². The number of hydrogen-bond acceptors (Lipinski definition) is 3. The molecule has 1 aromatic rings. The van der Waals surface area contributed by atoms with E-state index in [4.69, 9.17) is 0 Å². The van der Waals surface area contributed by atoms with Crippen molar-refractivity contribution in [2.45, 2.75) is 12.8 Å². The molecule has 0 aliphatic carbocycles. The number of nitrogens with one attached hydrogen (secondary N) is 1. The minimum Gasteiger partial charge on any atom is -0.352 e. The van der Waals surface area contributed by atoms with Crippen molar-refractivity contribution in [3.63, 3.8) is 0 Å². The van der Waals surface area contributed by atoms with E-state index in [0.29, 0.717) is 16.1 Å². The Kier molecular flexibility index (Phi) is 4.72. The lowest BCUT2D eigenvalue weighted by atomic mass is 9.97. The lowest BCUT2D eigenvalue weighted by Crippen LogP contribution is -2.37. The Morgan fingerprint density at radius 1 is 1.56 bits per heavy atom. The highest BCUT2D eigenvalue weighted by Gasteiger charge is 2.18. The third-order valence-corrected chi connectivity index (χ3v) is 4.03. The highest BCUT2D eigenvalue weighted by molar-refractivity contribution is 9.10. The summed E-state index contributed by atoms with van der Waals surface area (Å²) >= 11 is 3.29. The quantitative estimate of drug-likeness (QED) is 0.867. The molecule has 1 N–H and O–H groups in total. The summed E-state index contributed by atoms with van der Waals surface area (Å²) in [4.78, 5) is 18.4. The van der Waals surface area contributed by atoms with Gasteiger partial charge in [-0.3, -0.25) is 4.79 Å². The van der Waals surface area contributed by atoms with Crippen LogP contribution in [0.5, 0.6) is 0 Å². The number of hydrogen-bond donors (Lipinski definition) is 1. The molecule has 1 fully saturated rings. The van der Waals surface area contributed by atoms with Gasteiger partial charge in [-0.1, -0.05) is 0 Å². The van der Waals surface area contributed by atoms with Gasteiger partial charge in [0.25, 0.3) is 5.91 Å². The topological polar surface area (TPSA) is 45.2 Å². The highest BCUT2D eigenvalue weighted by atomic mass is 79.9. The molecule has 0 aromatic carbocycles.